The highest BCUT2D eigenvalue weighted by molar-refractivity contribution is 6.43. The Bertz CT molecular complexity index is 1210. The number of nitrogens with zero attached hydrogens (tertiary/aromatic N) is 2. The Morgan fingerprint density at radius 3 is 2.47 bits per heavy atom. The molecule has 180 valence electrons. The van der Waals surface area contributed by atoms with E-state index in [1.54, 1.807) is 25.5 Å². The number of hydrogen-bond donors (Lipinski definition) is 3. The molecule has 2 heterocycles. The summed E-state index contributed by atoms with van der Waals surface area (Å²) in [7, 11) is 1.64. The molecule has 6 rings (SSSR count). The third kappa shape index (κ3) is 3.72. The van der Waals surface area contributed by atoms with Crippen molar-refractivity contribution in [2.45, 2.75) is 63.5 Å². The van der Waals surface area contributed by atoms with Crippen molar-refractivity contribution in [2.75, 3.05) is 5.32 Å². The maximum absolute atomic E-state index is 13.4. The molecule has 0 saturated heterocycles. The molecule has 9 heteroatoms. The summed E-state index contributed by atoms with van der Waals surface area (Å²) in [6.45, 7) is 3.32. The first-order valence-corrected chi connectivity index (χ1v) is 11.7. The van der Waals surface area contributed by atoms with Crippen molar-refractivity contribution in [1.82, 2.24) is 14.9 Å². The van der Waals surface area contributed by atoms with Crippen LogP contribution in [0.3, 0.4) is 0 Å². The first kappa shape index (κ1) is 22.7. The van der Waals surface area contributed by atoms with Gasteiger partial charge >= 0.3 is 0 Å². The summed E-state index contributed by atoms with van der Waals surface area (Å²) in [6.07, 6.45) is 5.90. The summed E-state index contributed by atoms with van der Waals surface area (Å²) in [5, 5.41) is 16.6. The number of carbonyl (C=O) groups excluding carboxylic acids is 3. The van der Waals surface area contributed by atoms with Crippen molar-refractivity contribution in [1.29, 1.82) is 0 Å². The van der Waals surface area contributed by atoms with Crippen LogP contribution >= 0.6 is 0 Å². The average molecular weight is 469 g/mol. The molecule has 4 aliphatic rings. The van der Waals surface area contributed by atoms with E-state index >= 15 is 0 Å². The van der Waals surface area contributed by atoms with Gasteiger partial charge in [-0.15, -0.1) is 0 Å². The number of carbonyl (C=O) groups is 3. The molecule has 0 aromatic carbocycles. The SMILES string of the molecule is Cc1c(C(=O)Nc2ccnc(F)c2)c(C)n(C)c1C(=O)C(=O)NC12C[C@@H]3C[C@@H](CC(O)(C3)C1)C2. The largest absolute Gasteiger partial charge is 0.390 e. The van der Waals surface area contributed by atoms with E-state index in [4.69, 9.17) is 0 Å². The third-order valence-electron chi connectivity index (χ3n) is 7.97. The van der Waals surface area contributed by atoms with Crippen molar-refractivity contribution in [3.8, 4) is 0 Å². The second-order valence-corrected chi connectivity index (χ2v) is 10.6. The van der Waals surface area contributed by atoms with Crippen LogP contribution in [0.15, 0.2) is 18.3 Å². The second kappa shape index (κ2) is 7.73. The van der Waals surface area contributed by atoms with Crippen LogP contribution in [0.1, 0.15) is 70.6 Å². The normalized spacial score (nSPS) is 29.2. The Labute approximate surface area is 196 Å². The van der Waals surface area contributed by atoms with Crippen LogP contribution in [0.2, 0.25) is 0 Å². The fourth-order valence-corrected chi connectivity index (χ4v) is 7.07. The van der Waals surface area contributed by atoms with Crippen LogP contribution in [0.5, 0.6) is 0 Å². The molecule has 4 atom stereocenters. The lowest BCUT2D eigenvalue weighted by Crippen LogP contribution is -2.66. The second-order valence-electron chi connectivity index (χ2n) is 10.6. The first-order valence-electron chi connectivity index (χ1n) is 11.7. The molecule has 34 heavy (non-hydrogen) atoms. The topological polar surface area (TPSA) is 113 Å². The quantitative estimate of drug-likeness (QED) is 0.355. The van der Waals surface area contributed by atoms with Crippen LogP contribution in [-0.4, -0.2) is 43.4 Å². The van der Waals surface area contributed by atoms with E-state index in [2.05, 4.69) is 15.6 Å². The summed E-state index contributed by atoms with van der Waals surface area (Å²) >= 11 is 0. The Morgan fingerprint density at radius 1 is 1.18 bits per heavy atom. The van der Waals surface area contributed by atoms with Crippen LogP contribution in [0, 0.1) is 31.6 Å². The molecule has 2 unspecified atom stereocenters. The lowest BCUT2D eigenvalue weighted by Gasteiger charge is -2.60. The summed E-state index contributed by atoms with van der Waals surface area (Å²) in [5.41, 5.74) is 0.247. The molecule has 2 aromatic heterocycles. The zero-order chi connectivity index (χ0) is 24.4. The average Bonchev–Trinajstić information content (AvgIpc) is 2.93. The minimum atomic E-state index is -0.754. The van der Waals surface area contributed by atoms with Gasteiger partial charge in [0, 0.05) is 36.2 Å². The molecule has 2 aromatic rings. The molecule has 8 nitrogen and oxygen atoms in total. The lowest BCUT2D eigenvalue weighted by atomic mass is 9.51. The highest BCUT2D eigenvalue weighted by atomic mass is 19.1. The van der Waals surface area contributed by atoms with E-state index in [-0.39, 0.29) is 16.9 Å². The van der Waals surface area contributed by atoms with Gasteiger partial charge in [-0.05, 0) is 75.8 Å². The molecule has 4 saturated carbocycles. The summed E-state index contributed by atoms with van der Waals surface area (Å²) < 4.78 is 15.0. The maximum atomic E-state index is 13.4. The van der Waals surface area contributed by atoms with Gasteiger partial charge in [0.15, 0.2) is 0 Å². The predicted octanol–water partition coefficient (Wildman–Crippen LogP) is 2.81. The van der Waals surface area contributed by atoms with Gasteiger partial charge in [-0.25, -0.2) is 4.98 Å². The molecule has 4 bridgehead atoms. The van der Waals surface area contributed by atoms with E-state index < -0.39 is 34.7 Å². The molecule has 4 aliphatic carbocycles. The molecule has 0 radical (unpaired) electrons. The van der Waals surface area contributed by atoms with Crippen LogP contribution in [0.25, 0.3) is 0 Å². The van der Waals surface area contributed by atoms with Gasteiger partial charge in [0.2, 0.25) is 5.95 Å². The molecule has 4 fully saturated rings. The van der Waals surface area contributed by atoms with Crippen molar-refractivity contribution >= 4 is 23.3 Å². The van der Waals surface area contributed by atoms with Crippen LogP contribution < -0.4 is 10.6 Å². The first-order chi connectivity index (χ1) is 16.0. The summed E-state index contributed by atoms with van der Waals surface area (Å²) in [4.78, 5) is 42.9. The molecule has 0 aliphatic heterocycles. The third-order valence-corrected chi connectivity index (χ3v) is 7.97. The zero-order valence-corrected chi connectivity index (χ0v) is 19.6. The molecular weight excluding hydrogens is 439 g/mol. The van der Waals surface area contributed by atoms with E-state index in [9.17, 15) is 23.9 Å². The molecule has 2 amide bonds. The fourth-order valence-electron chi connectivity index (χ4n) is 7.07. The Kier molecular flexibility index (Phi) is 5.16. The maximum Gasteiger partial charge on any atom is 0.294 e. The number of amides is 2. The number of Topliss-reactive ketones (excluding diaryl/α,β-unsaturated/α-hetero) is 1. The number of aromatic nitrogens is 2. The van der Waals surface area contributed by atoms with E-state index in [0.29, 0.717) is 29.5 Å². The highest BCUT2D eigenvalue weighted by Crippen LogP contribution is 2.57. The summed E-state index contributed by atoms with van der Waals surface area (Å²) in [6, 6.07) is 2.57. The standard InChI is InChI=1S/C25H29FN4O4/c1-13-19(22(32)28-17-4-5-27-18(26)7-17)14(2)30(3)20(13)21(31)23(33)29-24-8-15-6-16(9-24)11-25(34,10-15)12-24/h4-5,7,15-16,34H,6,8-12H2,1-3H3,(H,29,33)(H,27,28,32)/t15-,16+,24?,25?. The molecule has 0 spiro atoms. The number of rotatable bonds is 5. The number of aliphatic hydroxyl groups is 1. The zero-order valence-electron chi connectivity index (χ0n) is 19.6. The van der Waals surface area contributed by atoms with Gasteiger partial charge in [-0.2, -0.15) is 4.39 Å². The Hall–Kier alpha value is -3.07. The number of hydrogen-bond acceptors (Lipinski definition) is 5. The molecule has 3 N–H and O–H groups in total. The van der Waals surface area contributed by atoms with E-state index in [0.717, 1.165) is 38.2 Å². The smallest absolute Gasteiger partial charge is 0.294 e. The minimum absolute atomic E-state index is 0.143. The monoisotopic (exact) mass is 468 g/mol. The number of halogens is 1. The number of ketones is 1. The van der Waals surface area contributed by atoms with Gasteiger partial charge in [0.1, 0.15) is 0 Å². The van der Waals surface area contributed by atoms with Crippen molar-refractivity contribution < 1.29 is 23.9 Å². The van der Waals surface area contributed by atoms with E-state index in [1.165, 1.54) is 12.3 Å². The minimum Gasteiger partial charge on any atom is -0.390 e. The van der Waals surface area contributed by atoms with Crippen LogP contribution in [-0.2, 0) is 11.8 Å². The Balaban J connectivity index is 1.38. The van der Waals surface area contributed by atoms with Gasteiger partial charge in [0.05, 0.1) is 16.9 Å². The van der Waals surface area contributed by atoms with E-state index in [1.807, 2.05) is 0 Å². The van der Waals surface area contributed by atoms with Crippen molar-refractivity contribution in [2.24, 2.45) is 18.9 Å². The molecular formula is C25H29FN4O4. The number of anilines is 1. The van der Waals surface area contributed by atoms with Crippen LogP contribution in [0.4, 0.5) is 10.1 Å². The fraction of sp³-hybridized carbons (Fsp3) is 0.520. The van der Waals surface area contributed by atoms with Crippen molar-refractivity contribution in [3.63, 3.8) is 0 Å². The highest BCUT2D eigenvalue weighted by Gasteiger charge is 2.58. The number of nitrogens with one attached hydrogen (secondary N) is 2. The predicted molar refractivity (Wildman–Crippen MR) is 122 cm³/mol. The lowest BCUT2D eigenvalue weighted by molar-refractivity contribution is -0.149. The van der Waals surface area contributed by atoms with Gasteiger partial charge < -0.3 is 20.3 Å². The summed E-state index contributed by atoms with van der Waals surface area (Å²) in [5.74, 6) is -1.90. The number of pyridine rings is 1. The van der Waals surface area contributed by atoms with Gasteiger partial charge in [0.25, 0.3) is 17.6 Å². The van der Waals surface area contributed by atoms with Crippen molar-refractivity contribution in [3.05, 3.63) is 46.8 Å². The van der Waals surface area contributed by atoms with Gasteiger partial charge in [-0.3, -0.25) is 14.4 Å². The Morgan fingerprint density at radius 2 is 1.85 bits per heavy atom. The van der Waals surface area contributed by atoms with Gasteiger partial charge in [-0.1, -0.05) is 0 Å².